The van der Waals surface area contributed by atoms with E-state index in [1.54, 1.807) is 29.1 Å². The molecule has 1 aromatic heterocycles. The first-order valence-corrected chi connectivity index (χ1v) is 6.30. The van der Waals surface area contributed by atoms with Crippen molar-refractivity contribution in [3.05, 3.63) is 78.5 Å². The molecule has 4 nitrogen and oxygen atoms in total. The molecule has 0 saturated heterocycles. The zero-order chi connectivity index (χ0) is 13.8. The van der Waals surface area contributed by atoms with Crippen LogP contribution < -0.4 is 5.32 Å². The number of aromatic nitrogens is 2. The van der Waals surface area contributed by atoms with Crippen LogP contribution in [-0.2, 0) is 0 Å². The number of hydrogen-bond donors (Lipinski definition) is 1. The topological polar surface area (TPSA) is 46.9 Å². The zero-order valence-electron chi connectivity index (χ0n) is 10.7. The fourth-order valence-corrected chi connectivity index (χ4v) is 1.95. The molecule has 1 N–H and O–H groups in total. The first-order valence-electron chi connectivity index (χ1n) is 6.30. The lowest BCUT2D eigenvalue weighted by Crippen LogP contribution is -2.14. The molecular formula is C16H13N3O. The summed E-state index contributed by atoms with van der Waals surface area (Å²) < 4.78 is 1.70. The van der Waals surface area contributed by atoms with Crippen molar-refractivity contribution in [1.29, 1.82) is 0 Å². The lowest BCUT2D eigenvalue weighted by molar-refractivity contribution is 0.102. The van der Waals surface area contributed by atoms with Crippen LogP contribution in [0.15, 0.2) is 72.9 Å². The Balaban J connectivity index is 1.86. The van der Waals surface area contributed by atoms with Crippen LogP contribution in [0.1, 0.15) is 10.4 Å². The fourth-order valence-electron chi connectivity index (χ4n) is 1.95. The van der Waals surface area contributed by atoms with Gasteiger partial charge in [-0.3, -0.25) is 4.79 Å². The minimum absolute atomic E-state index is 0.150. The summed E-state index contributed by atoms with van der Waals surface area (Å²) in [6.07, 6.45) is 1.66. The van der Waals surface area contributed by atoms with E-state index in [4.69, 9.17) is 0 Å². The standard InChI is InChI=1S/C16H13N3O/c20-16(13-7-3-1-4-8-13)18-15-11-12-17-19(15)14-9-5-2-6-10-14/h1-12H,(H,18,20). The van der Waals surface area contributed by atoms with Gasteiger partial charge in [-0.05, 0) is 24.3 Å². The van der Waals surface area contributed by atoms with Gasteiger partial charge >= 0.3 is 0 Å². The van der Waals surface area contributed by atoms with Crippen LogP contribution in [0.25, 0.3) is 5.69 Å². The van der Waals surface area contributed by atoms with Crippen molar-refractivity contribution in [2.75, 3.05) is 5.32 Å². The van der Waals surface area contributed by atoms with E-state index in [2.05, 4.69) is 10.4 Å². The highest BCUT2D eigenvalue weighted by atomic mass is 16.1. The molecule has 1 amide bonds. The number of nitrogens with one attached hydrogen (secondary N) is 1. The SMILES string of the molecule is O=C(Nc1ccnn1-c1ccccc1)c1ccccc1. The van der Waals surface area contributed by atoms with Gasteiger partial charge in [0.15, 0.2) is 0 Å². The number of nitrogens with zero attached hydrogens (tertiary/aromatic N) is 2. The van der Waals surface area contributed by atoms with Gasteiger partial charge in [0.05, 0.1) is 11.9 Å². The maximum atomic E-state index is 12.1. The number of hydrogen-bond acceptors (Lipinski definition) is 2. The van der Waals surface area contributed by atoms with Crippen LogP contribution in [0.3, 0.4) is 0 Å². The summed E-state index contributed by atoms with van der Waals surface area (Å²) in [5, 5.41) is 7.10. The van der Waals surface area contributed by atoms with Gasteiger partial charge in [0.1, 0.15) is 5.82 Å². The van der Waals surface area contributed by atoms with E-state index in [0.29, 0.717) is 11.4 Å². The number of rotatable bonds is 3. The number of amides is 1. The third-order valence-corrected chi connectivity index (χ3v) is 2.92. The fraction of sp³-hybridized carbons (Fsp3) is 0. The summed E-state index contributed by atoms with van der Waals surface area (Å²) in [5.41, 5.74) is 1.52. The van der Waals surface area contributed by atoms with E-state index in [1.165, 1.54) is 0 Å². The van der Waals surface area contributed by atoms with Crippen molar-refractivity contribution in [2.24, 2.45) is 0 Å². The van der Waals surface area contributed by atoms with Crippen molar-refractivity contribution < 1.29 is 4.79 Å². The average Bonchev–Trinajstić information content (AvgIpc) is 2.97. The Hall–Kier alpha value is -2.88. The highest BCUT2D eigenvalue weighted by molar-refractivity contribution is 6.03. The maximum absolute atomic E-state index is 12.1. The second-order valence-electron chi connectivity index (χ2n) is 4.28. The summed E-state index contributed by atoms with van der Waals surface area (Å²) in [5.74, 6) is 0.494. The van der Waals surface area contributed by atoms with Crippen molar-refractivity contribution in [2.45, 2.75) is 0 Å². The lowest BCUT2D eigenvalue weighted by Gasteiger charge is -2.08. The molecule has 0 aliphatic rings. The van der Waals surface area contributed by atoms with E-state index in [-0.39, 0.29) is 5.91 Å². The predicted octanol–water partition coefficient (Wildman–Crippen LogP) is 3.12. The maximum Gasteiger partial charge on any atom is 0.256 e. The van der Waals surface area contributed by atoms with Gasteiger partial charge in [-0.2, -0.15) is 5.10 Å². The summed E-state index contributed by atoms with van der Waals surface area (Å²) in [7, 11) is 0. The highest BCUT2D eigenvalue weighted by Crippen LogP contribution is 2.15. The molecule has 0 aliphatic carbocycles. The predicted molar refractivity (Wildman–Crippen MR) is 78.0 cm³/mol. The molecule has 4 heteroatoms. The summed E-state index contributed by atoms with van der Waals surface area (Å²) >= 11 is 0. The first kappa shape index (κ1) is 12.2. The molecule has 0 radical (unpaired) electrons. The Morgan fingerprint density at radius 1 is 0.900 bits per heavy atom. The number of carbonyl (C=O) groups is 1. The third kappa shape index (κ3) is 2.44. The summed E-state index contributed by atoms with van der Waals surface area (Å²) in [6, 6.07) is 20.5. The second kappa shape index (κ2) is 5.40. The quantitative estimate of drug-likeness (QED) is 0.789. The minimum atomic E-state index is -0.150. The molecule has 0 bridgehead atoms. The Morgan fingerprint density at radius 2 is 1.55 bits per heavy atom. The lowest BCUT2D eigenvalue weighted by atomic mass is 10.2. The molecule has 3 rings (SSSR count). The molecule has 0 unspecified atom stereocenters. The highest BCUT2D eigenvalue weighted by Gasteiger charge is 2.09. The molecule has 0 saturated carbocycles. The van der Waals surface area contributed by atoms with Gasteiger partial charge < -0.3 is 5.32 Å². The van der Waals surface area contributed by atoms with Crippen LogP contribution in [0, 0.1) is 0 Å². The molecule has 0 atom stereocenters. The Kier molecular flexibility index (Phi) is 3.29. The van der Waals surface area contributed by atoms with E-state index < -0.39 is 0 Å². The largest absolute Gasteiger partial charge is 0.306 e. The summed E-state index contributed by atoms with van der Waals surface area (Å²) in [6.45, 7) is 0. The molecule has 0 spiro atoms. The van der Waals surface area contributed by atoms with Gasteiger partial charge in [0.25, 0.3) is 5.91 Å². The molecule has 20 heavy (non-hydrogen) atoms. The molecular weight excluding hydrogens is 250 g/mol. The molecule has 1 heterocycles. The molecule has 3 aromatic rings. The van der Waals surface area contributed by atoms with Crippen molar-refractivity contribution >= 4 is 11.7 Å². The van der Waals surface area contributed by atoms with Crippen LogP contribution in [-0.4, -0.2) is 15.7 Å². The average molecular weight is 263 g/mol. The number of carbonyl (C=O) groups excluding carboxylic acids is 1. The number of anilines is 1. The Labute approximate surface area is 116 Å². The zero-order valence-corrected chi connectivity index (χ0v) is 10.7. The van der Waals surface area contributed by atoms with Crippen LogP contribution >= 0.6 is 0 Å². The second-order valence-corrected chi connectivity index (χ2v) is 4.28. The van der Waals surface area contributed by atoms with Crippen LogP contribution in [0.5, 0.6) is 0 Å². The van der Waals surface area contributed by atoms with Crippen molar-refractivity contribution in [3.63, 3.8) is 0 Å². The number of benzene rings is 2. The monoisotopic (exact) mass is 263 g/mol. The van der Waals surface area contributed by atoms with Gasteiger partial charge in [-0.1, -0.05) is 36.4 Å². The molecule has 0 fully saturated rings. The molecule has 98 valence electrons. The van der Waals surface area contributed by atoms with Crippen LogP contribution in [0.2, 0.25) is 0 Å². The minimum Gasteiger partial charge on any atom is -0.306 e. The smallest absolute Gasteiger partial charge is 0.256 e. The first-order chi connectivity index (χ1) is 9.84. The molecule has 2 aromatic carbocycles. The normalized spacial score (nSPS) is 10.2. The van der Waals surface area contributed by atoms with E-state index >= 15 is 0 Å². The van der Waals surface area contributed by atoms with Gasteiger partial charge in [-0.15, -0.1) is 0 Å². The van der Waals surface area contributed by atoms with E-state index in [9.17, 15) is 4.79 Å². The summed E-state index contributed by atoms with van der Waals surface area (Å²) in [4.78, 5) is 12.1. The van der Waals surface area contributed by atoms with Gasteiger partial charge in [0, 0.05) is 11.6 Å². The van der Waals surface area contributed by atoms with E-state index in [0.717, 1.165) is 5.69 Å². The Bertz CT molecular complexity index is 705. The number of para-hydroxylation sites is 1. The molecule has 0 aliphatic heterocycles. The van der Waals surface area contributed by atoms with E-state index in [1.807, 2.05) is 48.5 Å². The van der Waals surface area contributed by atoms with Crippen molar-refractivity contribution in [1.82, 2.24) is 9.78 Å². The van der Waals surface area contributed by atoms with Gasteiger partial charge in [0.2, 0.25) is 0 Å². The van der Waals surface area contributed by atoms with Gasteiger partial charge in [-0.25, -0.2) is 4.68 Å². The Morgan fingerprint density at radius 3 is 2.25 bits per heavy atom. The van der Waals surface area contributed by atoms with Crippen LogP contribution in [0.4, 0.5) is 5.82 Å². The van der Waals surface area contributed by atoms with Crippen molar-refractivity contribution in [3.8, 4) is 5.69 Å². The third-order valence-electron chi connectivity index (χ3n) is 2.92.